The second-order valence-corrected chi connectivity index (χ2v) is 3.97. The zero-order valence-electron chi connectivity index (χ0n) is 9.26. The van der Waals surface area contributed by atoms with E-state index < -0.39 is 6.43 Å². The lowest BCUT2D eigenvalue weighted by atomic mass is 10.0. The third kappa shape index (κ3) is 3.18. The van der Waals surface area contributed by atoms with E-state index in [1.807, 2.05) is 0 Å². The zero-order chi connectivity index (χ0) is 11.4. The number of alkyl halides is 2. The van der Waals surface area contributed by atoms with Gasteiger partial charge >= 0.3 is 0 Å². The smallest absolute Gasteiger partial charge is 0.267 e. The second-order valence-electron chi connectivity index (χ2n) is 3.97. The number of methoxy groups -OCH3 is 1. The summed E-state index contributed by atoms with van der Waals surface area (Å²) in [5.74, 6) is 0.787. The van der Waals surface area contributed by atoms with Gasteiger partial charge in [-0.2, -0.15) is 0 Å². The average molecular weight is 214 g/mol. The molecule has 0 amide bonds. The highest BCUT2D eigenvalue weighted by Gasteiger charge is 2.14. The van der Waals surface area contributed by atoms with Gasteiger partial charge in [-0.15, -0.1) is 0 Å². The molecule has 0 aliphatic carbocycles. The van der Waals surface area contributed by atoms with Gasteiger partial charge in [-0.3, -0.25) is 0 Å². The molecule has 1 aromatic carbocycles. The molecule has 15 heavy (non-hydrogen) atoms. The summed E-state index contributed by atoms with van der Waals surface area (Å²) in [4.78, 5) is 0. The van der Waals surface area contributed by atoms with Crippen molar-refractivity contribution in [2.45, 2.75) is 26.7 Å². The van der Waals surface area contributed by atoms with Gasteiger partial charge in [0, 0.05) is 0 Å². The molecule has 0 saturated carbocycles. The van der Waals surface area contributed by atoms with Crippen LogP contribution in [0.25, 0.3) is 0 Å². The van der Waals surface area contributed by atoms with Gasteiger partial charge in [0.1, 0.15) is 5.75 Å². The van der Waals surface area contributed by atoms with Gasteiger partial charge in [-0.05, 0) is 30.0 Å². The summed E-state index contributed by atoms with van der Waals surface area (Å²) in [6, 6.07) is 4.88. The molecule has 84 valence electrons. The van der Waals surface area contributed by atoms with Crippen LogP contribution in [-0.2, 0) is 6.42 Å². The molecule has 0 aliphatic heterocycles. The first kappa shape index (κ1) is 12.0. The fraction of sp³-hybridized carbons (Fsp3) is 0.500. The van der Waals surface area contributed by atoms with E-state index in [0.29, 0.717) is 5.92 Å². The van der Waals surface area contributed by atoms with Crippen molar-refractivity contribution in [3.05, 3.63) is 29.3 Å². The van der Waals surface area contributed by atoms with Crippen LogP contribution in [0.1, 0.15) is 31.4 Å². The van der Waals surface area contributed by atoms with Crippen LogP contribution in [0.2, 0.25) is 0 Å². The Bertz CT molecular complexity index is 321. The van der Waals surface area contributed by atoms with Crippen molar-refractivity contribution in [1.29, 1.82) is 0 Å². The van der Waals surface area contributed by atoms with Gasteiger partial charge in [0.15, 0.2) is 0 Å². The Morgan fingerprint density at radius 3 is 2.40 bits per heavy atom. The Hall–Kier alpha value is -1.12. The molecule has 0 unspecified atom stereocenters. The Kier molecular flexibility index (Phi) is 4.06. The number of benzene rings is 1. The molecule has 0 aromatic heterocycles. The van der Waals surface area contributed by atoms with Crippen LogP contribution in [0, 0.1) is 5.92 Å². The molecule has 0 fully saturated rings. The SMILES string of the molecule is COc1cc(CC(C)C)ccc1C(F)F. The lowest BCUT2D eigenvalue weighted by molar-refractivity contribution is 0.147. The minimum absolute atomic E-state index is 0.0370. The summed E-state index contributed by atoms with van der Waals surface area (Å²) in [6.45, 7) is 4.18. The van der Waals surface area contributed by atoms with E-state index in [1.54, 1.807) is 12.1 Å². The topological polar surface area (TPSA) is 9.23 Å². The number of ether oxygens (including phenoxy) is 1. The summed E-state index contributed by atoms with van der Waals surface area (Å²) in [5, 5.41) is 0. The molecule has 3 heteroatoms. The molecule has 0 saturated heterocycles. The van der Waals surface area contributed by atoms with Gasteiger partial charge in [0.05, 0.1) is 12.7 Å². The zero-order valence-corrected chi connectivity index (χ0v) is 9.26. The lowest BCUT2D eigenvalue weighted by Gasteiger charge is -2.11. The molecule has 0 atom stereocenters. The molecule has 1 nitrogen and oxygen atoms in total. The van der Waals surface area contributed by atoms with Crippen molar-refractivity contribution < 1.29 is 13.5 Å². The summed E-state index contributed by atoms with van der Waals surface area (Å²) in [5.41, 5.74) is 0.997. The fourth-order valence-corrected chi connectivity index (χ4v) is 1.53. The number of halogens is 2. The molecular formula is C12H16F2O. The van der Waals surface area contributed by atoms with Gasteiger partial charge in [0.2, 0.25) is 0 Å². The molecular weight excluding hydrogens is 198 g/mol. The molecule has 0 heterocycles. The van der Waals surface area contributed by atoms with Crippen LogP contribution < -0.4 is 4.74 Å². The number of hydrogen-bond acceptors (Lipinski definition) is 1. The lowest BCUT2D eigenvalue weighted by Crippen LogP contribution is -1.98. The van der Waals surface area contributed by atoms with E-state index in [9.17, 15) is 8.78 Å². The minimum Gasteiger partial charge on any atom is -0.496 e. The van der Waals surface area contributed by atoms with E-state index in [-0.39, 0.29) is 11.3 Å². The molecule has 0 spiro atoms. The van der Waals surface area contributed by atoms with Crippen molar-refractivity contribution in [1.82, 2.24) is 0 Å². The highest BCUT2D eigenvalue weighted by Crippen LogP contribution is 2.30. The van der Waals surface area contributed by atoms with Crippen molar-refractivity contribution in [3.63, 3.8) is 0 Å². The van der Waals surface area contributed by atoms with Crippen LogP contribution in [0.3, 0.4) is 0 Å². The first-order valence-electron chi connectivity index (χ1n) is 4.99. The summed E-state index contributed by atoms with van der Waals surface area (Å²) < 4.78 is 30.0. The van der Waals surface area contributed by atoms with E-state index in [4.69, 9.17) is 4.74 Å². The maximum atomic E-state index is 12.5. The maximum absolute atomic E-state index is 12.5. The predicted molar refractivity (Wildman–Crippen MR) is 56.5 cm³/mol. The molecule has 0 N–H and O–H groups in total. The normalized spacial score (nSPS) is 11.1. The van der Waals surface area contributed by atoms with Crippen molar-refractivity contribution in [2.75, 3.05) is 7.11 Å². The van der Waals surface area contributed by atoms with Crippen LogP contribution in [0.15, 0.2) is 18.2 Å². The fourth-order valence-electron chi connectivity index (χ4n) is 1.53. The maximum Gasteiger partial charge on any atom is 0.267 e. The van der Waals surface area contributed by atoms with Crippen LogP contribution >= 0.6 is 0 Å². The molecule has 1 aromatic rings. The van der Waals surface area contributed by atoms with E-state index in [1.165, 1.54) is 13.2 Å². The van der Waals surface area contributed by atoms with Crippen molar-refractivity contribution >= 4 is 0 Å². The highest BCUT2D eigenvalue weighted by molar-refractivity contribution is 5.38. The van der Waals surface area contributed by atoms with E-state index in [2.05, 4.69) is 13.8 Å². The highest BCUT2D eigenvalue weighted by atomic mass is 19.3. The van der Waals surface area contributed by atoms with Crippen molar-refractivity contribution in [2.24, 2.45) is 5.92 Å². The summed E-state index contributed by atoms with van der Waals surface area (Å²) in [7, 11) is 1.42. The van der Waals surface area contributed by atoms with Crippen molar-refractivity contribution in [3.8, 4) is 5.75 Å². The predicted octanol–water partition coefficient (Wildman–Crippen LogP) is 3.83. The van der Waals surface area contributed by atoms with Gasteiger partial charge in [-0.1, -0.05) is 19.9 Å². The van der Waals surface area contributed by atoms with Crippen LogP contribution in [-0.4, -0.2) is 7.11 Å². The Balaban J connectivity index is 2.97. The molecule has 0 aliphatic rings. The van der Waals surface area contributed by atoms with Gasteiger partial charge in [0.25, 0.3) is 6.43 Å². The third-order valence-corrected chi connectivity index (χ3v) is 2.18. The standard InChI is InChI=1S/C12H16F2O/c1-8(2)6-9-4-5-10(12(13)14)11(7-9)15-3/h4-5,7-8,12H,6H2,1-3H3. The molecule has 0 radical (unpaired) electrons. The van der Waals surface area contributed by atoms with Crippen LogP contribution in [0.5, 0.6) is 5.75 Å². The van der Waals surface area contributed by atoms with E-state index in [0.717, 1.165) is 12.0 Å². The van der Waals surface area contributed by atoms with Gasteiger partial charge in [-0.25, -0.2) is 8.78 Å². The summed E-state index contributed by atoms with van der Waals surface area (Å²) >= 11 is 0. The monoisotopic (exact) mass is 214 g/mol. The molecule has 1 rings (SSSR count). The first-order valence-corrected chi connectivity index (χ1v) is 4.99. The Labute approximate surface area is 89.1 Å². The quantitative estimate of drug-likeness (QED) is 0.740. The first-order chi connectivity index (χ1) is 7.04. The average Bonchev–Trinajstić information content (AvgIpc) is 2.16. The van der Waals surface area contributed by atoms with Crippen LogP contribution in [0.4, 0.5) is 8.78 Å². The Morgan fingerprint density at radius 2 is 1.93 bits per heavy atom. The third-order valence-electron chi connectivity index (χ3n) is 2.18. The van der Waals surface area contributed by atoms with E-state index >= 15 is 0 Å². The van der Waals surface area contributed by atoms with Gasteiger partial charge < -0.3 is 4.74 Å². The number of hydrogen-bond donors (Lipinski definition) is 0. The summed E-state index contributed by atoms with van der Waals surface area (Å²) in [6.07, 6.45) is -1.60. The largest absolute Gasteiger partial charge is 0.496 e. The Morgan fingerprint density at radius 1 is 1.27 bits per heavy atom. The minimum atomic E-state index is -2.48. The number of rotatable bonds is 4. The molecule has 0 bridgehead atoms. The second kappa shape index (κ2) is 5.10.